The standard InChI is InChI=1S/C26H47N5O4S2/c1-29(2)25-13-15-26(16-14-25)36(32,33)27-17-9-19-30(23-24-11-5-3-6-12-24)20-10-18-28-37(34,35)31-21-7-4-8-22-31/h13-16,24,27-28H,3-12,17-23H2,1-2H3. The summed E-state index contributed by atoms with van der Waals surface area (Å²) in [5.74, 6) is 0.672. The first-order valence-electron chi connectivity index (χ1n) is 13.9. The van der Waals surface area contributed by atoms with Gasteiger partial charge in [0.1, 0.15) is 0 Å². The summed E-state index contributed by atoms with van der Waals surface area (Å²) in [4.78, 5) is 4.60. The van der Waals surface area contributed by atoms with E-state index >= 15 is 0 Å². The third-order valence-electron chi connectivity index (χ3n) is 7.44. The van der Waals surface area contributed by atoms with Gasteiger partial charge in [0.05, 0.1) is 4.90 Å². The van der Waals surface area contributed by atoms with E-state index in [0.717, 1.165) is 51.0 Å². The second kappa shape index (κ2) is 14.8. The van der Waals surface area contributed by atoms with Crippen LogP contribution in [-0.2, 0) is 20.2 Å². The molecule has 1 heterocycles. The number of benzene rings is 1. The lowest BCUT2D eigenvalue weighted by molar-refractivity contribution is 0.197. The van der Waals surface area contributed by atoms with E-state index in [-0.39, 0.29) is 4.90 Å². The third kappa shape index (κ3) is 10.1. The second-order valence-electron chi connectivity index (χ2n) is 10.7. The van der Waals surface area contributed by atoms with Crippen molar-refractivity contribution < 1.29 is 16.8 Å². The summed E-state index contributed by atoms with van der Waals surface area (Å²) in [6.45, 7) is 4.61. The molecule has 1 aliphatic carbocycles. The Morgan fingerprint density at radius 1 is 0.811 bits per heavy atom. The van der Waals surface area contributed by atoms with E-state index < -0.39 is 20.2 Å². The van der Waals surface area contributed by atoms with Crippen LogP contribution in [0.5, 0.6) is 0 Å². The maximum absolute atomic E-state index is 12.7. The molecule has 0 bridgehead atoms. The minimum Gasteiger partial charge on any atom is -0.378 e. The van der Waals surface area contributed by atoms with Crippen LogP contribution in [0.3, 0.4) is 0 Å². The lowest BCUT2D eigenvalue weighted by Crippen LogP contribution is -2.44. The average Bonchev–Trinajstić information content (AvgIpc) is 2.90. The molecule has 0 radical (unpaired) electrons. The van der Waals surface area contributed by atoms with Crippen molar-refractivity contribution in [3.8, 4) is 0 Å². The van der Waals surface area contributed by atoms with Gasteiger partial charge in [-0.1, -0.05) is 25.7 Å². The highest BCUT2D eigenvalue weighted by molar-refractivity contribution is 7.89. The fourth-order valence-electron chi connectivity index (χ4n) is 5.25. The molecule has 1 saturated heterocycles. The van der Waals surface area contributed by atoms with E-state index in [1.165, 1.54) is 32.1 Å². The van der Waals surface area contributed by atoms with Crippen LogP contribution in [0.4, 0.5) is 5.69 Å². The van der Waals surface area contributed by atoms with Crippen LogP contribution in [0.2, 0.25) is 0 Å². The highest BCUT2D eigenvalue weighted by atomic mass is 32.2. The van der Waals surface area contributed by atoms with E-state index in [0.29, 0.717) is 38.5 Å². The molecule has 3 rings (SSSR count). The molecule has 0 amide bonds. The van der Waals surface area contributed by atoms with Crippen molar-refractivity contribution in [3.63, 3.8) is 0 Å². The predicted octanol–water partition coefficient (Wildman–Crippen LogP) is 3.01. The van der Waals surface area contributed by atoms with Gasteiger partial charge in [-0.15, -0.1) is 0 Å². The minimum atomic E-state index is -3.54. The first-order chi connectivity index (χ1) is 17.7. The third-order valence-corrected chi connectivity index (χ3v) is 10.5. The van der Waals surface area contributed by atoms with Crippen LogP contribution in [0.1, 0.15) is 64.2 Å². The lowest BCUT2D eigenvalue weighted by atomic mass is 9.89. The van der Waals surface area contributed by atoms with Gasteiger partial charge in [-0.3, -0.25) is 0 Å². The summed E-state index contributed by atoms with van der Waals surface area (Å²) in [7, 11) is -3.10. The number of nitrogens with one attached hydrogen (secondary N) is 2. The predicted molar refractivity (Wildman–Crippen MR) is 151 cm³/mol. The van der Waals surface area contributed by atoms with Gasteiger partial charge in [-0.2, -0.15) is 12.7 Å². The highest BCUT2D eigenvalue weighted by Gasteiger charge is 2.23. The molecule has 0 unspecified atom stereocenters. The number of hydrogen-bond donors (Lipinski definition) is 2. The number of sulfonamides is 1. The minimum absolute atomic E-state index is 0.276. The van der Waals surface area contributed by atoms with Gasteiger partial charge in [0, 0.05) is 52.5 Å². The molecule has 1 aliphatic heterocycles. The zero-order chi connectivity index (χ0) is 26.7. The number of anilines is 1. The maximum atomic E-state index is 12.7. The van der Waals surface area contributed by atoms with Gasteiger partial charge < -0.3 is 9.80 Å². The van der Waals surface area contributed by atoms with Crippen molar-refractivity contribution in [2.45, 2.75) is 69.1 Å². The molecule has 212 valence electrons. The summed E-state index contributed by atoms with van der Waals surface area (Å²) >= 11 is 0. The van der Waals surface area contributed by atoms with Gasteiger partial charge >= 0.3 is 0 Å². The Bertz CT molecular complexity index is 1000. The first kappa shape index (κ1) is 30.3. The van der Waals surface area contributed by atoms with Crippen LogP contribution in [0.15, 0.2) is 29.2 Å². The van der Waals surface area contributed by atoms with Crippen LogP contribution < -0.4 is 14.3 Å². The van der Waals surface area contributed by atoms with E-state index in [9.17, 15) is 16.8 Å². The van der Waals surface area contributed by atoms with Gasteiger partial charge in [0.25, 0.3) is 10.2 Å². The Kier molecular flexibility index (Phi) is 12.1. The Labute approximate surface area is 225 Å². The smallest absolute Gasteiger partial charge is 0.279 e. The molecule has 0 atom stereocenters. The largest absolute Gasteiger partial charge is 0.378 e. The molecule has 1 aromatic carbocycles. The van der Waals surface area contributed by atoms with Crippen molar-refractivity contribution in [1.29, 1.82) is 0 Å². The first-order valence-corrected chi connectivity index (χ1v) is 16.8. The normalized spacial score (nSPS) is 18.4. The van der Waals surface area contributed by atoms with Gasteiger partial charge in [0.2, 0.25) is 10.0 Å². The molecule has 2 aliphatic rings. The molecule has 1 saturated carbocycles. The summed E-state index contributed by atoms with van der Waals surface area (Å²) in [6, 6.07) is 6.88. The molecular weight excluding hydrogens is 510 g/mol. The van der Waals surface area contributed by atoms with E-state index in [1.807, 2.05) is 19.0 Å². The van der Waals surface area contributed by atoms with Gasteiger partial charge in [-0.25, -0.2) is 17.9 Å². The zero-order valence-electron chi connectivity index (χ0n) is 22.7. The Balaban J connectivity index is 1.45. The molecule has 0 spiro atoms. The molecular formula is C26H47N5O4S2. The molecule has 2 N–H and O–H groups in total. The number of hydrogen-bond acceptors (Lipinski definition) is 6. The quantitative estimate of drug-likeness (QED) is 0.322. The SMILES string of the molecule is CN(C)c1ccc(S(=O)(=O)NCCCN(CCCNS(=O)(=O)N2CCCCC2)CC2CCCCC2)cc1. The summed E-state index contributed by atoms with van der Waals surface area (Å²) in [5.41, 5.74) is 0.954. The Hall–Kier alpha value is -1.24. The van der Waals surface area contributed by atoms with Crippen LogP contribution in [0, 0.1) is 5.92 Å². The van der Waals surface area contributed by atoms with Crippen molar-refractivity contribution >= 4 is 25.9 Å². The van der Waals surface area contributed by atoms with Crippen molar-refractivity contribution in [2.75, 3.05) is 64.8 Å². The van der Waals surface area contributed by atoms with Gasteiger partial charge in [-0.05, 0) is 81.8 Å². The Morgan fingerprint density at radius 2 is 1.38 bits per heavy atom. The van der Waals surface area contributed by atoms with Crippen LogP contribution >= 0.6 is 0 Å². The van der Waals surface area contributed by atoms with E-state index in [4.69, 9.17) is 0 Å². The monoisotopic (exact) mass is 557 g/mol. The zero-order valence-corrected chi connectivity index (χ0v) is 24.3. The van der Waals surface area contributed by atoms with Crippen LogP contribution in [0.25, 0.3) is 0 Å². The fraction of sp³-hybridized carbons (Fsp3) is 0.769. The van der Waals surface area contributed by atoms with E-state index in [2.05, 4.69) is 14.3 Å². The number of piperidine rings is 1. The van der Waals surface area contributed by atoms with Crippen molar-refractivity contribution in [2.24, 2.45) is 5.92 Å². The van der Waals surface area contributed by atoms with Crippen molar-refractivity contribution in [1.82, 2.24) is 18.6 Å². The summed E-state index contributed by atoms with van der Waals surface area (Å²) in [5, 5.41) is 0. The summed E-state index contributed by atoms with van der Waals surface area (Å²) in [6.07, 6.45) is 10.8. The fourth-order valence-corrected chi connectivity index (χ4v) is 7.64. The molecule has 1 aromatic rings. The van der Waals surface area contributed by atoms with Crippen LogP contribution in [-0.4, -0.2) is 85.9 Å². The lowest BCUT2D eigenvalue weighted by Gasteiger charge is -2.30. The summed E-state index contributed by atoms with van der Waals surface area (Å²) < 4.78 is 57.6. The average molecular weight is 558 g/mol. The Morgan fingerprint density at radius 3 is 1.97 bits per heavy atom. The van der Waals surface area contributed by atoms with E-state index in [1.54, 1.807) is 28.6 Å². The molecule has 9 nitrogen and oxygen atoms in total. The molecule has 2 fully saturated rings. The molecule has 37 heavy (non-hydrogen) atoms. The highest BCUT2D eigenvalue weighted by Crippen LogP contribution is 2.24. The maximum Gasteiger partial charge on any atom is 0.279 e. The molecule has 0 aromatic heterocycles. The molecule has 11 heteroatoms. The topological polar surface area (TPSA) is 102 Å². The number of nitrogens with zero attached hydrogens (tertiary/aromatic N) is 3. The number of rotatable bonds is 15. The van der Waals surface area contributed by atoms with Crippen molar-refractivity contribution in [3.05, 3.63) is 24.3 Å². The van der Waals surface area contributed by atoms with Gasteiger partial charge in [0.15, 0.2) is 0 Å². The second-order valence-corrected chi connectivity index (χ2v) is 14.2.